The molecule has 1 aromatic heterocycles. The molecule has 92 valence electrons. The standard InChI is InChI=1S/C12H9NO5/c14-13(15)9-7-12-11(17-4-5-18-12)6-8(9)10-2-1-3-16-10/h1-3,6-7H,4-5H2. The van der Waals surface area contributed by atoms with Crippen LogP contribution >= 0.6 is 0 Å². The van der Waals surface area contributed by atoms with Crippen molar-refractivity contribution in [2.24, 2.45) is 0 Å². The number of fused-ring (bicyclic) bond motifs is 1. The summed E-state index contributed by atoms with van der Waals surface area (Å²) in [6.45, 7) is 0.826. The Morgan fingerprint density at radius 3 is 2.50 bits per heavy atom. The van der Waals surface area contributed by atoms with Gasteiger partial charge in [0.05, 0.1) is 22.8 Å². The second kappa shape index (κ2) is 4.06. The summed E-state index contributed by atoms with van der Waals surface area (Å²) in [5.74, 6) is 1.32. The predicted octanol–water partition coefficient (Wildman–Crippen LogP) is 2.63. The fraction of sp³-hybridized carbons (Fsp3) is 0.167. The van der Waals surface area contributed by atoms with E-state index in [1.807, 2.05) is 0 Å². The van der Waals surface area contributed by atoms with Crippen molar-refractivity contribution in [1.82, 2.24) is 0 Å². The number of nitro benzene ring substituents is 1. The zero-order valence-electron chi connectivity index (χ0n) is 9.29. The van der Waals surface area contributed by atoms with E-state index in [0.717, 1.165) is 0 Å². The smallest absolute Gasteiger partial charge is 0.284 e. The maximum absolute atomic E-state index is 11.1. The Kier molecular flexibility index (Phi) is 2.40. The van der Waals surface area contributed by atoms with Gasteiger partial charge in [-0.3, -0.25) is 10.1 Å². The summed E-state index contributed by atoms with van der Waals surface area (Å²) < 4.78 is 15.9. The lowest BCUT2D eigenvalue weighted by Crippen LogP contribution is -2.15. The molecule has 1 aliphatic heterocycles. The zero-order valence-corrected chi connectivity index (χ0v) is 9.29. The highest BCUT2D eigenvalue weighted by Gasteiger charge is 2.24. The number of ether oxygens (including phenoxy) is 2. The highest BCUT2D eigenvalue weighted by atomic mass is 16.6. The Balaban J connectivity index is 2.19. The van der Waals surface area contributed by atoms with Gasteiger partial charge in [-0.2, -0.15) is 0 Å². The fourth-order valence-electron chi connectivity index (χ4n) is 1.86. The molecular formula is C12H9NO5. The van der Waals surface area contributed by atoms with Crippen LogP contribution in [0.4, 0.5) is 5.69 Å². The highest BCUT2D eigenvalue weighted by Crippen LogP contribution is 2.41. The quantitative estimate of drug-likeness (QED) is 0.602. The van der Waals surface area contributed by atoms with Gasteiger partial charge >= 0.3 is 0 Å². The maximum atomic E-state index is 11.1. The van der Waals surface area contributed by atoms with Crippen molar-refractivity contribution in [2.45, 2.75) is 0 Å². The summed E-state index contributed by atoms with van der Waals surface area (Å²) >= 11 is 0. The van der Waals surface area contributed by atoms with Crippen LogP contribution in [-0.4, -0.2) is 18.1 Å². The Morgan fingerprint density at radius 1 is 1.17 bits per heavy atom. The number of rotatable bonds is 2. The number of furan rings is 1. The van der Waals surface area contributed by atoms with Gasteiger partial charge in [0, 0.05) is 6.07 Å². The van der Waals surface area contributed by atoms with Crippen molar-refractivity contribution in [3.63, 3.8) is 0 Å². The number of nitro groups is 1. The molecule has 0 aliphatic carbocycles. The molecule has 0 N–H and O–H groups in total. The van der Waals surface area contributed by atoms with E-state index in [1.165, 1.54) is 12.3 Å². The maximum Gasteiger partial charge on any atom is 0.284 e. The molecule has 0 saturated heterocycles. The van der Waals surface area contributed by atoms with Gasteiger partial charge in [-0.05, 0) is 12.1 Å². The lowest BCUT2D eigenvalue weighted by atomic mass is 10.1. The minimum atomic E-state index is -0.462. The number of hydrogen-bond acceptors (Lipinski definition) is 5. The van der Waals surface area contributed by atoms with E-state index in [9.17, 15) is 10.1 Å². The molecule has 0 bridgehead atoms. The van der Waals surface area contributed by atoms with E-state index in [-0.39, 0.29) is 5.69 Å². The summed E-state index contributed by atoms with van der Waals surface area (Å²) in [6.07, 6.45) is 1.47. The number of nitrogens with zero attached hydrogens (tertiary/aromatic N) is 1. The lowest BCUT2D eigenvalue weighted by Gasteiger charge is -2.18. The van der Waals surface area contributed by atoms with Crippen molar-refractivity contribution in [3.8, 4) is 22.8 Å². The first-order chi connectivity index (χ1) is 8.75. The molecule has 6 nitrogen and oxygen atoms in total. The third-order valence-corrected chi connectivity index (χ3v) is 2.64. The minimum Gasteiger partial charge on any atom is -0.486 e. The van der Waals surface area contributed by atoms with Crippen LogP contribution in [0.5, 0.6) is 11.5 Å². The van der Waals surface area contributed by atoms with Gasteiger partial charge in [0.2, 0.25) is 0 Å². The van der Waals surface area contributed by atoms with Crippen LogP contribution in [0.3, 0.4) is 0 Å². The van der Waals surface area contributed by atoms with Crippen LogP contribution in [0.15, 0.2) is 34.9 Å². The molecule has 0 amide bonds. The summed E-state index contributed by atoms with van der Waals surface area (Å²) in [6, 6.07) is 6.28. The summed E-state index contributed by atoms with van der Waals surface area (Å²) in [5.41, 5.74) is 0.323. The van der Waals surface area contributed by atoms with Crippen molar-refractivity contribution in [2.75, 3.05) is 13.2 Å². The van der Waals surface area contributed by atoms with Crippen LogP contribution in [0.25, 0.3) is 11.3 Å². The SMILES string of the molecule is O=[N+]([O-])c1cc2c(cc1-c1ccco1)OCCO2. The van der Waals surface area contributed by atoms with Gasteiger partial charge in [-0.25, -0.2) is 0 Å². The Morgan fingerprint density at radius 2 is 1.89 bits per heavy atom. The minimum absolute atomic E-state index is 0.0609. The Bertz CT molecular complexity index is 591. The van der Waals surface area contributed by atoms with Crippen LogP contribution in [-0.2, 0) is 0 Å². The van der Waals surface area contributed by atoms with E-state index in [0.29, 0.717) is 36.0 Å². The highest BCUT2D eigenvalue weighted by molar-refractivity contribution is 5.74. The number of benzene rings is 1. The van der Waals surface area contributed by atoms with Gasteiger partial charge in [0.15, 0.2) is 11.5 Å². The number of hydrogen-bond donors (Lipinski definition) is 0. The van der Waals surface area contributed by atoms with E-state index >= 15 is 0 Å². The van der Waals surface area contributed by atoms with Gasteiger partial charge in [0.25, 0.3) is 5.69 Å². The average molecular weight is 247 g/mol. The molecule has 2 aromatic rings. The van der Waals surface area contributed by atoms with Crippen molar-refractivity contribution in [3.05, 3.63) is 40.6 Å². The Hall–Kier alpha value is -2.50. The van der Waals surface area contributed by atoms with Crippen LogP contribution in [0.1, 0.15) is 0 Å². The molecule has 0 unspecified atom stereocenters. The molecule has 18 heavy (non-hydrogen) atoms. The van der Waals surface area contributed by atoms with Crippen LogP contribution in [0.2, 0.25) is 0 Å². The fourth-order valence-corrected chi connectivity index (χ4v) is 1.86. The van der Waals surface area contributed by atoms with Crippen LogP contribution in [0, 0.1) is 10.1 Å². The van der Waals surface area contributed by atoms with E-state index in [2.05, 4.69) is 0 Å². The normalized spacial score (nSPS) is 13.3. The van der Waals surface area contributed by atoms with Crippen molar-refractivity contribution >= 4 is 5.69 Å². The second-order valence-corrected chi connectivity index (χ2v) is 3.75. The molecule has 1 aromatic carbocycles. The monoisotopic (exact) mass is 247 g/mol. The molecule has 0 spiro atoms. The first-order valence-corrected chi connectivity index (χ1v) is 5.37. The lowest BCUT2D eigenvalue weighted by molar-refractivity contribution is -0.384. The topological polar surface area (TPSA) is 74.7 Å². The molecule has 1 aliphatic rings. The molecule has 3 rings (SSSR count). The molecule has 2 heterocycles. The van der Waals surface area contributed by atoms with Gasteiger partial charge in [-0.1, -0.05) is 0 Å². The molecule has 0 saturated carbocycles. The second-order valence-electron chi connectivity index (χ2n) is 3.75. The largest absolute Gasteiger partial charge is 0.486 e. The Labute approximate surface area is 102 Å². The molecule has 0 fully saturated rings. The van der Waals surface area contributed by atoms with E-state index < -0.39 is 4.92 Å². The molecule has 6 heteroatoms. The van der Waals surface area contributed by atoms with Gasteiger partial charge in [0.1, 0.15) is 19.0 Å². The molecule has 0 atom stereocenters. The van der Waals surface area contributed by atoms with E-state index in [4.69, 9.17) is 13.9 Å². The molecule has 0 radical (unpaired) electrons. The van der Waals surface area contributed by atoms with Gasteiger partial charge < -0.3 is 13.9 Å². The van der Waals surface area contributed by atoms with Crippen LogP contribution < -0.4 is 9.47 Å². The van der Waals surface area contributed by atoms with E-state index in [1.54, 1.807) is 18.2 Å². The summed E-state index contributed by atoms with van der Waals surface area (Å²) in [5, 5.41) is 11.1. The average Bonchev–Trinajstić information content (AvgIpc) is 2.91. The predicted molar refractivity (Wildman–Crippen MR) is 61.8 cm³/mol. The zero-order chi connectivity index (χ0) is 12.5. The third kappa shape index (κ3) is 1.67. The third-order valence-electron chi connectivity index (χ3n) is 2.64. The summed E-state index contributed by atoms with van der Waals surface area (Å²) in [4.78, 5) is 10.6. The molecular weight excluding hydrogens is 238 g/mol. The first-order valence-electron chi connectivity index (χ1n) is 5.37. The van der Waals surface area contributed by atoms with Crippen molar-refractivity contribution in [1.29, 1.82) is 0 Å². The van der Waals surface area contributed by atoms with Gasteiger partial charge in [-0.15, -0.1) is 0 Å². The van der Waals surface area contributed by atoms with Crippen molar-refractivity contribution < 1.29 is 18.8 Å². The summed E-state index contributed by atoms with van der Waals surface area (Å²) in [7, 11) is 0. The first kappa shape index (κ1) is 10.6.